The minimum absolute atomic E-state index is 0.0176. The largest absolute Gasteiger partial charge is 0.354 e. The zero-order valence-corrected chi connectivity index (χ0v) is 13.8. The van der Waals surface area contributed by atoms with Crippen molar-refractivity contribution in [3.05, 3.63) is 58.0 Å². The summed E-state index contributed by atoms with van der Waals surface area (Å²) < 4.78 is 12.9. The van der Waals surface area contributed by atoms with Crippen LogP contribution in [0.2, 0.25) is 0 Å². The summed E-state index contributed by atoms with van der Waals surface area (Å²) in [6.45, 7) is 2.81. The van der Waals surface area contributed by atoms with Crippen LogP contribution >= 0.6 is 11.3 Å². The number of likely N-dealkylation sites (tertiary alicyclic amines) is 1. The molecule has 122 valence electrons. The first-order valence-electron chi connectivity index (χ1n) is 7.99. The van der Waals surface area contributed by atoms with Gasteiger partial charge in [-0.1, -0.05) is 12.1 Å². The Hall–Kier alpha value is -1.72. The topological polar surface area (TPSA) is 32.3 Å². The van der Waals surface area contributed by atoms with E-state index in [4.69, 9.17) is 0 Å². The van der Waals surface area contributed by atoms with Crippen LogP contribution in [0.4, 0.5) is 4.39 Å². The van der Waals surface area contributed by atoms with Gasteiger partial charge in [-0.25, -0.2) is 4.39 Å². The molecule has 0 aliphatic carbocycles. The van der Waals surface area contributed by atoms with E-state index < -0.39 is 0 Å². The molecule has 1 saturated heterocycles. The summed E-state index contributed by atoms with van der Waals surface area (Å²) in [5, 5.41) is 7.29. The average Bonchev–Trinajstić information content (AvgIpc) is 3.24. The molecular formula is C18H21FN2OS. The van der Waals surface area contributed by atoms with E-state index in [1.807, 2.05) is 0 Å². The van der Waals surface area contributed by atoms with E-state index in [0.29, 0.717) is 6.54 Å². The standard InChI is InChI=1S/C18H21FN2OS/c19-16-5-3-14(4-6-16)11-18(22)20-12-17(15-7-10-23-13-15)21-8-1-2-9-21/h3-7,10,13,17H,1-2,8-9,11-12H2,(H,20,22)/t17-/m1/s1. The molecular weight excluding hydrogens is 311 g/mol. The summed E-state index contributed by atoms with van der Waals surface area (Å²) in [7, 11) is 0. The molecule has 1 aromatic carbocycles. The second kappa shape index (κ2) is 7.70. The van der Waals surface area contributed by atoms with Gasteiger partial charge in [0.25, 0.3) is 0 Å². The molecule has 1 N–H and O–H groups in total. The quantitative estimate of drug-likeness (QED) is 0.879. The lowest BCUT2D eigenvalue weighted by Gasteiger charge is -2.27. The van der Waals surface area contributed by atoms with Gasteiger partial charge in [-0.3, -0.25) is 9.69 Å². The van der Waals surface area contributed by atoms with Crippen LogP contribution in [0.15, 0.2) is 41.1 Å². The number of hydrogen-bond donors (Lipinski definition) is 1. The average molecular weight is 332 g/mol. The van der Waals surface area contributed by atoms with E-state index >= 15 is 0 Å². The van der Waals surface area contributed by atoms with Crippen LogP contribution in [0.25, 0.3) is 0 Å². The van der Waals surface area contributed by atoms with Crippen LogP contribution < -0.4 is 5.32 Å². The summed E-state index contributed by atoms with van der Waals surface area (Å²) in [6.07, 6.45) is 2.74. The first kappa shape index (κ1) is 16.1. The molecule has 1 amide bonds. The van der Waals surface area contributed by atoms with Gasteiger partial charge in [0.1, 0.15) is 5.82 Å². The zero-order valence-electron chi connectivity index (χ0n) is 13.0. The Kier molecular flexibility index (Phi) is 5.41. The van der Waals surface area contributed by atoms with E-state index in [1.54, 1.807) is 23.5 Å². The van der Waals surface area contributed by atoms with Crippen LogP contribution in [-0.2, 0) is 11.2 Å². The Morgan fingerprint density at radius 2 is 1.96 bits per heavy atom. The number of carbonyl (C=O) groups is 1. The van der Waals surface area contributed by atoms with Crippen LogP contribution in [-0.4, -0.2) is 30.4 Å². The summed E-state index contributed by atoms with van der Waals surface area (Å²) in [6, 6.07) is 8.49. The van der Waals surface area contributed by atoms with Gasteiger partial charge >= 0.3 is 0 Å². The monoisotopic (exact) mass is 332 g/mol. The molecule has 0 spiro atoms. The van der Waals surface area contributed by atoms with Crippen molar-refractivity contribution in [2.24, 2.45) is 0 Å². The summed E-state index contributed by atoms with van der Waals surface area (Å²) in [5.74, 6) is -0.295. The van der Waals surface area contributed by atoms with Crippen molar-refractivity contribution in [3.63, 3.8) is 0 Å². The number of hydrogen-bond acceptors (Lipinski definition) is 3. The first-order chi connectivity index (χ1) is 11.2. The lowest BCUT2D eigenvalue weighted by molar-refractivity contribution is -0.120. The molecule has 2 heterocycles. The van der Waals surface area contributed by atoms with Crippen molar-refractivity contribution in [1.29, 1.82) is 0 Å². The van der Waals surface area contributed by atoms with Crippen molar-refractivity contribution in [2.75, 3.05) is 19.6 Å². The molecule has 2 aromatic rings. The number of halogens is 1. The highest BCUT2D eigenvalue weighted by atomic mass is 32.1. The van der Waals surface area contributed by atoms with Gasteiger partial charge in [-0.05, 0) is 66.0 Å². The van der Waals surface area contributed by atoms with Gasteiger partial charge in [-0.2, -0.15) is 11.3 Å². The van der Waals surface area contributed by atoms with Crippen LogP contribution in [0.3, 0.4) is 0 Å². The van der Waals surface area contributed by atoms with Gasteiger partial charge in [0.15, 0.2) is 0 Å². The molecule has 1 aromatic heterocycles. The molecule has 3 nitrogen and oxygen atoms in total. The molecule has 1 atom stereocenters. The zero-order chi connectivity index (χ0) is 16.1. The van der Waals surface area contributed by atoms with Crippen molar-refractivity contribution >= 4 is 17.2 Å². The van der Waals surface area contributed by atoms with Crippen LogP contribution in [0.1, 0.15) is 30.0 Å². The first-order valence-corrected chi connectivity index (χ1v) is 8.94. The third kappa shape index (κ3) is 4.39. The molecule has 0 unspecified atom stereocenters. The number of rotatable bonds is 6. The highest BCUT2D eigenvalue weighted by molar-refractivity contribution is 7.07. The number of amides is 1. The fraction of sp³-hybridized carbons (Fsp3) is 0.389. The predicted molar refractivity (Wildman–Crippen MR) is 91.0 cm³/mol. The van der Waals surface area contributed by atoms with E-state index in [9.17, 15) is 9.18 Å². The smallest absolute Gasteiger partial charge is 0.224 e. The van der Waals surface area contributed by atoms with Crippen LogP contribution in [0, 0.1) is 5.82 Å². The van der Waals surface area contributed by atoms with Crippen molar-refractivity contribution in [3.8, 4) is 0 Å². The van der Waals surface area contributed by atoms with E-state index in [0.717, 1.165) is 18.7 Å². The maximum absolute atomic E-state index is 12.9. The number of nitrogens with one attached hydrogen (secondary N) is 1. The minimum Gasteiger partial charge on any atom is -0.354 e. The van der Waals surface area contributed by atoms with Gasteiger partial charge in [0.05, 0.1) is 12.5 Å². The highest BCUT2D eigenvalue weighted by Crippen LogP contribution is 2.26. The Morgan fingerprint density at radius 3 is 2.61 bits per heavy atom. The van der Waals surface area contributed by atoms with E-state index in [1.165, 1.54) is 30.5 Å². The van der Waals surface area contributed by atoms with Crippen molar-refractivity contribution < 1.29 is 9.18 Å². The summed E-state index contributed by atoms with van der Waals surface area (Å²) in [4.78, 5) is 14.6. The minimum atomic E-state index is -0.277. The van der Waals surface area contributed by atoms with Gasteiger partial charge in [0, 0.05) is 6.54 Å². The van der Waals surface area contributed by atoms with Gasteiger partial charge in [-0.15, -0.1) is 0 Å². The predicted octanol–water partition coefficient (Wildman–Crippen LogP) is 3.38. The third-order valence-electron chi connectivity index (χ3n) is 4.28. The molecule has 1 aliphatic heterocycles. The number of benzene rings is 1. The fourth-order valence-corrected chi connectivity index (χ4v) is 3.74. The molecule has 23 heavy (non-hydrogen) atoms. The third-order valence-corrected chi connectivity index (χ3v) is 4.98. The molecule has 1 aliphatic rings. The second-order valence-electron chi connectivity index (χ2n) is 5.92. The summed E-state index contributed by atoms with van der Waals surface area (Å²) in [5.41, 5.74) is 2.11. The molecule has 0 saturated carbocycles. The fourth-order valence-electron chi connectivity index (χ4n) is 3.04. The van der Waals surface area contributed by atoms with Gasteiger partial charge in [0.2, 0.25) is 5.91 Å². The molecule has 0 bridgehead atoms. The molecule has 5 heteroatoms. The van der Waals surface area contributed by atoms with Crippen LogP contribution in [0.5, 0.6) is 0 Å². The second-order valence-corrected chi connectivity index (χ2v) is 6.70. The summed E-state index contributed by atoms with van der Waals surface area (Å²) >= 11 is 1.69. The van der Waals surface area contributed by atoms with E-state index in [-0.39, 0.29) is 24.2 Å². The molecule has 1 fully saturated rings. The van der Waals surface area contributed by atoms with Gasteiger partial charge < -0.3 is 5.32 Å². The number of nitrogens with zero attached hydrogens (tertiary/aromatic N) is 1. The Morgan fingerprint density at radius 1 is 1.22 bits per heavy atom. The normalized spacial score (nSPS) is 16.4. The Balaban J connectivity index is 1.57. The number of carbonyl (C=O) groups excluding carboxylic acids is 1. The Bertz CT molecular complexity index is 621. The maximum Gasteiger partial charge on any atom is 0.224 e. The van der Waals surface area contributed by atoms with E-state index in [2.05, 4.69) is 27.0 Å². The lowest BCUT2D eigenvalue weighted by Crippen LogP contribution is -2.37. The van der Waals surface area contributed by atoms with Crippen molar-refractivity contribution in [2.45, 2.75) is 25.3 Å². The molecule has 0 radical (unpaired) electrons. The SMILES string of the molecule is O=C(Cc1ccc(F)cc1)NC[C@H](c1ccsc1)N1CCCC1. The van der Waals surface area contributed by atoms with Crippen molar-refractivity contribution in [1.82, 2.24) is 10.2 Å². The Labute approximate surface area is 140 Å². The number of thiophene rings is 1. The highest BCUT2D eigenvalue weighted by Gasteiger charge is 2.24. The molecule has 3 rings (SSSR count). The lowest BCUT2D eigenvalue weighted by atomic mass is 10.1. The maximum atomic E-state index is 12.9.